The first-order chi connectivity index (χ1) is 66.2. The molecule has 0 aliphatic rings. The number of para-hydroxylation sites is 3. The van der Waals surface area contributed by atoms with Gasteiger partial charge in [0.1, 0.15) is 0 Å². The number of carbonyl (C=O) groups excluding carboxylic acids is 1. The zero-order chi connectivity index (χ0) is 93.0. The lowest BCUT2D eigenvalue weighted by molar-refractivity contribution is -0.114. The maximum absolute atomic E-state index is 11.2. The summed E-state index contributed by atoms with van der Waals surface area (Å²) in [5.74, 6) is 1.31. The molecule has 0 atom stereocenters. The fourth-order valence-corrected chi connectivity index (χ4v) is 15.4. The molecule has 0 saturated carbocycles. The van der Waals surface area contributed by atoms with Crippen molar-refractivity contribution in [2.75, 3.05) is 25.8 Å². The zero-order valence-corrected chi connectivity index (χ0v) is 73.9. The molecule has 0 bridgehead atoms. The predicted octanol–water partition coefficient (Wildman–Crippen LogP) is 23.5. The van der Waals surface area contributed by atoms with Crippen LogP contribution in [-0.2, 0) is 4.79 Å². The van der Waals surface area contributed by atoms with E-state index in [1.54, 1.807) is 36.4 Å². The molecule has 0 radical (unpaired) electrons. The molecule has 1 amide bonds. The van der Waals surface area contributed by atoms with Crippen molar-refractivity contribution in [3.63, 3.8) is 0 Å². The number of hydrogen-bond donors (Lipinski definition) is 8. The minimum atomic E-state index is -1.49. The maximum Gasteiger partial charge on any atom is 0.488 e. The van der Waals surface area contributed by atoms with E-state index in [0.29, 0.717) is 28.0 Å². The molecule has 20 rings (SSSR count). The molecular weight excluding hydrogens is 1660 g/mol. The van der Waals surface area contributed by atoms with Crippen molar-refractivity contribution in [3.05, 3.63) is 497 Å². The van der Waals surface area contributed by atoms with Gasteiger partial charge in [0.25, 0.3) is 0 Å². The van der Waals surface area contributed by atoms with Crippen LogP contribution in [0.5, 0.6) is 0 Å². The Balaban J connectivity index is 0.000000123. The molecule has 2 aromatic heterocycles. The third kappa shape index (κ3) is 24.0. The SMILES string of the molecule is CC(=O)Nc1ccc(-c2cc(-c3ccccc3)nc(-c3ccccc3)n2)cc1.Nc1ccc(-c2cc(-c3ccccc3)nc(-c3ccccc3)n2)cc1.OB(O)c1ccc(N(c2ccc(-c3ccccc3)cc2)c2ccc(-c3ccccc3)cc2)cc1.OB(O)c1ccc(N(c2ccccc2)c2cccc3ccccc23)cc1.OB(O)c1ccc(N(c2ccccc2)c2ccccc2)cc1. The van der Waals surface area contributed by atoms with Crippen LogP contribution in [0, 0.1) is 0 Å². The van der Waals surface area contributed by atoms with E-state index >= 15 is 0 Å². The van der Waals surface area contributed by atoms with Gasteiger partial charge in [0, 0.05) is 103 Å². The van der Waals surface area contributed by atoms with Crippen molar-refractivity contribution in [2.45, 2.75) is 6.92 Å². The maximum atomic E-state index is 11.2. The average Bonchev–Trinajstić information content (AvgIpc) is 0.761. The van der Waals surface area contributed by atoms with E-state index < -0.39 is 21.4 Å². The van der Waals surface area contributed by atoms with E-state index in [0.717, 1.165) is 135 Å². The molecular formula is C116H94B3N9O7. The van der Waals surface area contributed by atoms with E-state index in [4.69, 9.17) is 25.7 Å². The minimum Gasteiger partial charge on any atom is -0.423 e. The summed E-state index contributed by atoms with van der Waals surface area (Å²) in [6, 6.07) is 164. The molecule has 2 heterocycles. The minimum absolute atomic E-state index is 0.0903. The summed E-state index contributed by atoms with van der Waals surface area (Å²) in [7, 11) is -4.40. The van der Waals surface area contributed by atoms with Crippen molar-refractivity contribution >= 4 is 117 Å². The monoisotopic (exact) mass is 1760 g/mol. The zero-order valence-electron chi connectivity index (χ0n) is 73.9. The molecule has 16 nitrogen and oxygen atoms in total. The summed E-state index contributed by atoms with van der Waals surface area (Å²) in [4.78, 5) is 36.8. The van der Waals surface area contributed by atoms with Gasteiger partial charge in [-0.25, -0.2) is 19.9 Å². The number of amides is 1. The molecule has 19 heteroatoms. The van der Waals surface area contributed by atoms with Crippen molar-refractivity contribution in [3.8, 4) is 90.1 Å². The Morgan fingerprint density at radius 2 is 0.481 bits per heavy atom. The van der Waals surface area contributed by atoms with Gasteiger partial charge < -0.3 is 55.9 Å². The number of nitrogens with one attached hydrogen (secondary N) is 1. The summed E-state index contributed by atoms with van der Waals surface area (Å²) < 4.78 is 0. The van der Waals surface area contributed by atoms with Crippen LogP contribution in [0.1, 0.15) is 6.92 Å². The number of hydrogen-bond acceptors (Lipinski definition) is 15. The van der Waals surface area contributed by atoms with E-state index in [2.05, 4.69) is 147 Å². The number of rotatable bonds is 21. The first-order valence-electron chi connectivity index (χ1n) is 44.1. The van der Waals surface area contributed by atoms with Crippen LogP contribution in [-0.4, -0.2) is 77.3 Å². The van der Waals surface area contributed by atoms with Gasteiger partial charge >= 0.3 is 21.4 Å². The highest BCUT2D eigenvalue weighted by atomic mass is 16.4. The van der Waals surface area contributed by atoms with Gasteiger partial charge in [0.05, 0.1) is 28.5 Å². The highest BCUT2D eigenvalue weighted by molar-refractivity contribution is 6.59. The molecule has 0 fully saturated rings. The van der Waals surface area contributed by atoms with Crippen LogP contribution in [0.15, 0.2) is 497 Å². The van der Waals surface area contributed by atoms with Crippen LogP contribution in [0.4, 0.5) is 62.6 Å². The van der Waals surface area contributed by atoms with Crippen LogP contribution in [0.2, 0.25) is 0 Å². The highest BCUT2D eigenvalue weighted by Gasteiger charge is 2.22. The van der Waals surface area contributed by atoms with Crippen molar-refractivity contribution < 1.29 is 34.9 Å². The third-order valence-corrected chi connectivity index (χ3v) is 22.2. The van der Waals surface area contributed by atoms with Gasteiger partial charge in [-0.3, -0.25) is 4.79 Å². The lowest BCUT2D eigenvalue weighted by Crippen LogP contribution is -2.29. The lowest BCUT2D eigenvalue weighted by Gasteiger charge is -2.27. The fourth-order valence-electron chi connectivity index (χ4n) is 15.4. The Morgan fingerprint density at radius 1 is 0.244 bits per heavy atom. The largest absolute Gasteiger partial charge is 0.488 e. The Kier molecular flexibility index (Phi) is 30.5. The third-order valence-electron chi connectivity index (χ3n) is 22.2. The molecule has 0 unspecified atom stereocenters. The summed E-state index contributed by atoms with van der Waals surface area (Å²) >= 11 is 0. The second-order valence-electron chi connectivity index (χ2n) is 31.5. The highest BCUT2D eigenvalue weighted by Crippen LogP contribution is 2.41. The smallest absolute Gasteiger partial charge is 0.423 e. The number of nitrogens with two attached hydrogens (primary N) is 1. The molecule has 0 saturated heterocycles. The van der Waals surface area contributed by atoms with Gasteiger partial charge in [0.2, 0.25) is 5.91 Å². The molecule has 20 aromatic rings. The first-order valence-corrected chi connectivity index (χ1v) is 44.1. The first kappa shape index (κ1) is 91.3. The molecule has 18 aromatic carbocycles. The normalized spacial score (nSPS) is 10.5. The summed E-state index contributed by atoms with van der Waals surface area (Å²) in [6.45, 7) is 1.50. The fraction of sp³-hybridized carbons (Fsp3) is 0.00862. The number of aromatic nitrogens is 4. The lowest BCUT2D eigenvalue weighted by atomic mass is 9.80. The van der Waals surface area contributed by atoms with Crippen LogP contribution in [0.25, 0.3) is 101 Å². The van der Waals surface area contributed by atoms with Crippen LogP contribution >= 0.6 is 0 Å². The van der Waals surface area contributed by atoms with Gasteiger partial charge in [0.15, 0.2) is 11.6 Å². The van der Waals surface area contributed by atoms with E-state index in [-0.39, 0.29) is 5.91 Å². The molecule has 654 valence electrons. The number of fused-ring (bicyclic) bond motifs is 1. The Labute approximate surface area is 787 Å². The van der Waals surface area contributed by atoms with Gasteiger partial charge in [-0.2, -0.15) is 0 Å². The van der Waals surface area contributed by atoms with E-state index in [9.17, 15) is 34.9 Å². The summed E-state index contributed by atoms with van der Waals surface area (Å²) in [5.41, 5.74) is 32.0. The van der Waals surface area contributed by atoms with Gasteiger partial charge in [-0.05, 0) is 184 Å². The second-order valence-corrected chi connectivity index (χ2v) is 31.5. The van der Waals surface area contributed by atoms with Gasteiger partial charge in [-0.15, -0.1) is 0 Å². The van der Waals surface area contributed by atoms with Crippen molar-refractivity contribution in [1.29, 1.82) is 0 Å². The quantitative estimate of drug-likeness (QED) is 0.0247. The number of carbonyl (C=O) groups is 1. The summed E-state index contributed by atoms with van der Waals surface area (Å²) in [6.07, 6.45) is 0. The van der Waals surface area contributed by atoms with E-state index in [1.165, 1.54) is 23.4 Å². The molecule has 0 aliphatic heterocycles. The predicted molar refractivity (Wildman–Crippen MR) is 557 cm³/mol. The Hall–Kier alpha value is -17.0. The van der Waals surface area contributed by atoms with Gasteiger partial charge in [-0.1, -0.05) is 358 Å². The average molecular weight is 1760 g/mol. The van der Waals surface area contributed by atoms with Crippen molar-refractivity contribution in [1.82, 2.24) is 19.9 Å². The van der Waals surface area contributed by atoms with E-state index in [1.807, 2.05) is 334 Å². The standard InChI is InChI=1S/C30H24BNO2.C24H19N3O.C22H18BNO2.C22H17N3.C18H16BNO2/c33-31(34)27-15-21-30(22-16-27)32(28-17-11-25(12-18-28)23-7-3-1-4-8-23)29-19-13-26(14-20-29)24-9-5-2-6-10-24;1-17(28)25-21-14-12-19(13-15-21)23-16-22(18-8-4-2-5-9-18)26-24(27-23)20-10-6-3-7-11-20;25-23(26)18-13-15-20(16-14-18)24(19-9-2-1-3-10-19)22-12-6-8-17-7-4-5-11-21(17)22;23-19-13-11-17(12-14-19)21-15-20(16-7-3-1-4-8-16)24-22(25-21)18-9-5-2-6-10-18;21-19(22)15-11-13-18(14-12-15)20(16-7-3-1-4-8-16)17-9-5-2-6-10-17/h1-22,33-34H;2-16H,1H3,(H,25,28);1-16,25-26H;1-15H,23H2;1-14,21-22H. The number of nitrogen functional groups attached to an aromatic ring is 1. The number of anilines is 11. The Bertz CT molecular complexity index is 6900. The molecule has 135 heavy (non-hydrogen) atoms. The van der Waals surface area contributed by atoms with Crippen molar-refractivity contribution in [2.24, 2.45) is 0 Å². The molecule has 0 aliphatic carbocycles. The molecule has 9 N–H and O–H groups in total. The number of benzene rings is 18. The van der Waals surface area contributed by atoms with Crippen LogP contribution < -0.4 is 42.1 Å². The van der Waals surface area contributed by atoms with Crippen LogP contribution in [0.3, 0.4) is 0 Å². The Morgan fingerprint density at radius 3 is 0.807 bits per heavy atom. The summed E-state index contributed by atoms with van der Waals surface area (Å²) in [5, 5.41) is 61.3. The number of nitrogens with zero attached hydrogens (tertiary/aromatic N) is 7. The topological polar surface area (TPSA) is 238 Å². The molecule has 0 spiro atoms. The second kappa shape index (κ2) is 45.0.